The SMILES string of the molecule is CCOc1ccc(CCNC(=O)C2CCN(c3oc(-c4ccco4)nc3C#N)CC2)cc1OCC. The molecule has 3 aromatic rings. The Balaban J connectivity index is 1.28. The van der Waals surface area contributed by atoms with Crippen LogP contribution >= 0.6 is 0 Å². The Bertz CT molecular complexity index is 1160. The van der Waals surface area contributed by atoms with E-state index in [2.05, 4.69) is 16.4 Å². The third-order valence-electron chi connectivity index (χ3n) is 5.92. The molecule has 0 spiro atoms. The van der Waals surface area contributed by atoms with Crippen LogP contribution in [-0.4, -0.2) is 43.7 Å². The van der Waals surface area contributed by atoms with Gasteiger partial charge in [-0.25, -0.2) is 0 Å². The van der Waals surface area contributed by atoms with E-state index in [0.29, 0.717) is 63.8 Å². The number of nitrogens with one attached hydrogen (secondary N) is 1. The molecule has 2 aromatic heterocycles. The summed E-state index contributed by atoms with van der Waals surface area (Å²) in [5.74, 6) is 2.62. The number of oxazole rings is 1. The molecule has 4 rings (SSSR count). The smallest absolute Gasteiger partial charge is 0.266 e. The summed E-state index contributed by atoms with van der Waals surface area (Å²) in [6.07, 6.45) is 3.58. The van der Waals surface area contributed by atoms with Gasteiger partial charge in [0.15, 0.2) is 17.3 Å². The number of aromatic nitrogens is 1. The van der Waals surface area contributed by atoms with Crippen molar-refractivity contribution in [2.75, 3.05) is 37.7 Å². The van der Waals surface area contributed by atoms with E-state index in [9.17, 15) is 10.1 Å². The van der Waals surface area contributed by atoms with Crippen molar-refractivity contribution in [3.63, 3.8) is 0 Å². The Labute approximate surface area is 204 Å². The van der Waals surface area contributed by atoms with Gasteiger partial charge in [-0.3, -0.25) is 4.79 Å². The first-order valence-corrected chi connectivity index (χ1v) is 12.0. The first kappa shape index (κ1) is 24.2. The third kappa shape index (κ3) is 5.77. The average molecular weight is 479 g/mol. The first-order chi connectivity index (χ1) is 17.1. The summed E-state index contributed by atoms with van der Waals surface area (Å²) in [4.78, 5) is 19.0. The van der Waals surface area contributed by atoms with Crippen molar-refractivity contribution in [1.29, 1.82) is 5.26 Å². The maximum atomic E-state index is 12.7. The average Bonchev–Trinajstić information content (AvgIpc) is 3.56. The lowest BCUT2D eigenvalue weighted by molar-refractivity contribution is -0.125. The number of nitrogens with zero attached hydrogens (tertiary/aromatic N) is 3. The summed E-state index contributed by atoms with van der Waals surface area (Å²) in [6, 6.07) is 11.5. The van der Waals surface area contributed by atoms with E-state index in [1.54, 1.807) is 12.1 Å². The predicted molar refractivity (Wildman–Crippen MR) is 129 cm³/mol. The molecular formula is C26H30N4O5. The molecule has 0 radical (unpaired) electrons. The number of ether oxygens (including phenoxy) is 2. The lowest BCUT2D eigenvalue weighted by atomic mass is 9.96. The third-order valence-corrected chi connectivity index (χ3v) is 5.92. The van der Waals surface area contributed by atoms with Crippen LogP contribution in [0.1, 0.15) is 37.9 Å². The van der Waals surface area contributed by atoms with Crippen LogP contribution in [0.5, 0.6) is 11.5 Å². The van der Waals surface area contributed by atoms with Crippen LogP contribution in [0.4, 0.5) is 5.88 Å². The molecule has 35 heavy (non-hydrogen) atoms. The number of benzene rings is 1. The zero-order chi connectivity index (χ0) is 24.6. The van der Waals surface area contributed by atoms with E-state index < -0.39 is 0 Å². The van der Waals surface area contributed by atoms with Gasteiger partial charge in [-0.05, 0) is 62.9 Å². The highest BCUT2D eigenvalue weighted by atomic mass is 16.5. The van der Waals surface area contributed by atoms with E-state index >= 15 is 0 Å². The molecule has 1 fully saturated rings. The highest BCUT2D eigenvalue weighted by molar-refractivity contribution is 5.79. The second-order valence-electron chi connectivity index (χ2n) is 8.21. The van der Waals surface area contributed by atoms with E-state index in [0.717, 1.165) is 17.1 Å². The van der Waals surface area contributed by atoms with Crippen LogP contribution in [-0.2, 0) is 11.2 Å². The normalized spacial score (nSPS) is 13.9. The number of carbonyl (C=O) groups excluding carboxylic acids is 1. The number of nitriles is 1. The van der Waals surface area contributed by atoms with E-state index in [1.807, 2.05) is 36.9 Å². The Hall–Kier alpha value is -3.93. The molecule has 1 aliphatic heterocycles. The first-order valence-electron chi connectivity index (χ1n) is 12.0. The highest BCUT2D eigenvalue weighted by Gasteiger charge is 2.29. The molecule has 0 bridgehead atoms. The largest absolute Gasteiger partial charge is 0.490 e. The molecular weight excluding hydrogens is 448 g/mol. The molecule has 1 N–H and O–H groups in total. The van der Waals surface area contributed by atoms with Crippen LogP contribution in [0, 0.1) is 17.2 Å². The van der Waals surface area contributed by atoms with Gasteiger partial charge in [-0.1, -0.05) is 6.07 Å². The number of carbonyl (C=O) groups is 1. The topological polar surface area (TPSA) is 114 Å². The fourth-order valence-corrected chi connectivity index (χ4v) is 4.18. The van der Waals surface area contributed by atoms with Gasteiger partial charge in [-0.2, -0.15) is 10.2 Å². The number of hydrogen-bond acceptors (Lipinski definition) is 8. The van der Waals surface area contributed by atoms with Crippen LogP contribution in [0.25, 0.3) is 11.7 Å². The van der Waals surface area contributed by atoms with Crippen molar-refractivity contribution in [2.45, 2.75) is 33.1 Å². The Kier molecular flexibility index (Phi) is 7.93. The summed E-state index contributed by atoms with van der Waals surface area (Å²) in [5.41, 5.74) is 1.30. The lowest BCUT2D eigenvalue weighted by Crippen LogP contribution is -2.41. The molecule has 3 heterocycles. The second-order valence-corrected chi connectivity index (χ2v) is 8.21. The van der Waals surface area contributed by atoms with Crippen LogP contribution in [0.2, 0.25) is 0 Å². The Morgan fingerprint density at radius 1 is 1.20 bits per heavy atom. The minimum atomic E-state index is -0.0800. The number of furan rings is 1. The van der Waals surface area contributed by atoms with Crippen molar-refractivity contribution in [1.82, 2.24) is 10.3 Å². The maximum absolute atomic E-state index is 12.7. The summed E-state index contributed by atoms with van der Waals surface area (Å²) < 4.78 is 22.4. The molecule has 1 aromatic carbocycles. The number of amides is 1. The number of hydrogen-bond donors (Lipinski definition) is 1. The number of piperidine rings is 1. The van der Waals surface area contributed by atoms with Crippen molar-refractivity contribution in [3.8, 4) is 29.2 Å². The van der Waals surface area contributed by atoms with Crippen LogP contribution in [0.3, 0.4) is 0 Å². The fraction of sp³-hybridized carbons (Fsp3) is 0.423. The molecule has 1 aliphatic rings. The van der Waals surface area contributed by atoms with Gasteiger partial charge in [0.05, 0.1) is 19.5 Å². The lowest BCUT2D eigenvalue weighted by Gasteiger charge is -2.31. The van der Waals surface area contributed by atoms with Crippen molar-refractivity contribution in [2.24, 2.45) is 5.92 Å². The molecule has 184 valence electrons. The van der Waals surface area contributed by atoms with Crippen LogP contribution < -0.4 is 19.7 Å². The van der Waals surface area contributed by atoms with Gasteiger partial charge in [0.1, 0.15) is 6.07 Å². The molecule has 0 saturated carbocycles. The molecule has 0 atom stereocenters. The summed E-state index contributed by atoms with van der Waals surface area (Å²) in [5, 5.41) is 12.5. The quantitative estimate of drug-likeness (QED) is 0.462. The summed E-state index contributed by atoms with van der Waals surface area (Å²) >= 11 is 0. The molecule has 0 aliphatic carbocycles. The molecule has 1 saturated heterocycles. The molecule has 1 amide bonds. The van der Waals surface area contributed by atoms with Crippen LogP contribution in [0.15, 0.2) is 45.4 Å². The summed E-state index contributed by atoms with van der Waals surface area (Å²) in [6.45, 7) is 6.78. The Morgan fingerprint density at radius 2 is 1.97 bits per heavy atom. The highest BCUT2D eigenvalue weighted by Crippen LogP contribution is 2.31. The zero-order valence-corrected chi connectivity index (χ0v) is 20.1. The molecule has 0 unspecified atom stereocenters. The van der Waals surface area contributed by atoms with Gasteiger partial charge in [0.2, 0.25) is 17.5 Å². The van der Waals surface area contributed by atoms with E-state index in [-0.39, 0.29) is 23.4 Å². The molecule has 9 heteroatoms. The van der Waals surface area contributed by atoms with E-state index in [4.69, 9.17) is 18.3 Å². The minimum absolute atomic E-state index is 0.0509. The van der Waals surface area contributed by atoms with Gasteiger partial charge >= 0.3 is 0 Å². The fourth-order valence-electron chi connectivity index (χ4n) is 4.18. The molecule has 9 nitrogen and oxygen atoms in total. The Morgan fingerprint density at radius 3 is 2.66 bits per heavy atom. The van der Waals surface area contributed by atoms with Crippen molar-refractivity contribution < 1.29 is 23.1 Å². The van der Waals surface area contributed by atoms with Crippen molar-refractivity contribution >= 4 is 11.8 Å². The second kappa shape index (κ2) is 11.5. The van der Waals surface area contributed by atoms with Gasteiger partial charge in [0, 0.05) is 25.6 Å². The minimum Gasteiger partial charge on any atom is -0.490 e. The van der Waals surface area contributed by atoms with Crippen molar-refractivity contribution in [3.05, 3.63) is 47.9 Å². The number of rotatable bonds is 10. The van der Waals surface area contributed by atoms with Gasteiger partial charge in [-0.15, -0.1) is 0 Å². The zero-order valence-electron chi connectivity index (χ0n) is 20.1. The number of anilines is 1. The van der Waals surface area contributed by atoms with Gasteiger partial charge < -0.3 is 28.5 Å². The van der Waals surface area contributed by atoms with Gasteiger partial charge in [0.25, 0.3) is 5.89 Å². The standard InChI is InChI=1S/C26H30N4O5/c1-3-32-21-8-7-18(16-23(21)33-4-2)9-12-28-24(31)19-10-13-30(14-11-19)26-20(17-27)29-25(35-26)22-6-5-15-34-22/h5-8,15-16,19H,3-4,9-14H2,1-2H3,(H,28,31). The monoisotopic (exact) mass is 478 g/mol. The predicted octanol–water partition coefficient (Wildman–Crippen LogP) is 4.18. The summed E-state index contributed by atoms with van der Waals surface area (Å²) in [7, 11) is 0. The van der Waals surface area contributed by atoms with E-state index in [1.165, 1.54) is 6.26 Å². The maximum Gasteiger partial charge on any atom is 0.266 e.